The van der Waals surface area contributed by atoms with Crippen molar-refractivity contribution in [1.29, 1.82) is 0 Å². The van der Waals surface area contributed by atoms with Gasteiger partial charge in [-0.15, -0.1) is 0 Å². The molecule has 0 saturated carbocycles. The molecule has 176 valence electrons. The van der Waals surface area contributed by atoms with Crippen LogP contribution in [0.3, 0.4) is 0 Å². The van der Waals surface area contributed by atoms with E-state index in [0.29, 0.717) is 17.5 Å². The summed E-state index contributed by atoms with van der Waals surface area (Å²) in [7, 11) is 1.61. The molecule has 35 heavy (non-hydrogen) atoms. The molecular weight excluding hydrogens is 460 g/mol. The number of amidine groups is 2. The quantitative estimate of drug-likeness (QED) is 0.558. The fraction of sp³-hybridized carbons (Fsp3) is 0.185. The van der Waals surface area contributed by atoms with Crippen molar-refractivity contribution in [3.63, 3.8) is 0 Å². The number of thioether (sulfide) groups is 1. The first kappa shape index (κ1) is 22.9. The summed E-state index contributed by atoms with van der Waals surface area (Å²) in [6.45, 7) is 2.22. The number of amides is 2. The number of carbonyl (C=O) groups excluding carboxylic acids is 2. The number of methoxy groups -OCH3 is 1. The van der Waals surface area contributed by atoms with Crippen LogP contribution in [0.5, 0.6) is 5.75 Å². The third-order valence-electron chi connectivity index (χ3n) is 5.87. The molecular formula is C27H24N4O3S. The second-order valence-corrected chi connectivity index (χ2v) is 9.51. The molecule has 2 amide bonds. The molecule has 3 aromatic rings. The first-order chi connectivity index (χ1) is 17.0. The summed E-state index contributed by atoms with van der Waals surface area (Å²) in [5, 5.41) is 3.11. The molecule has 8 heteroatoms. The van der Waals surface area contributed by atoms with E-state index in [1.54, 1.807) is 7.11 Å². The Hall–Kier alpha value is -3.91. The highest BCUT2D eigenvalue weighted by molar-refractivity contribution is 8.14. The molecule has 0 radical (unpaired) electrons. The number of aliphatic imine (C=N–C) groups is 2. The van der Waals surface area contributed by atoms with Gasteiger partial charge in [0.15, 0.2) is 5.17 Å². The lowest BCUT2D eigenvalue weighted by Crippen LogP contribution is -2.40. The summed E-state index contributed by atoms with van der Waals surface area (Å²) in [4.78, 5) is 37.1. The summed E-state index contributed by atoms with van der Waals surface area (Å²) in [5.74, 6) is 0.943. The van der Waals surface area contributed by atoms with Gasteiger partial charge in [0.1, 0.15) is 17.6 Å². The van der Waals surface area contributed by atoms with Gasteiger partial charge in [-0.05, 0) is 42.3 Å². The van der Waals surface area contributed by atoms with Gasteiger partial charge in [0.2, 0.25) is 5.91 Å². The summed E-state index contributed by atoms with van der Waals surface area (Å²) < 4.78 is 5.26. The van der Waals surface area contributed by atoms with Crippen molar-refractivity contribution in [3.05, 3.63) is 95.6 Å². The number of nitrogens with one attached hydrogen (secondary N) is 1. The minimum absolute atomic E-state index is 0.125. The van der Waals surface area contributed by atoms with E-state index in [-0.39, 0.29) is 11.8 Å². The first-order valence-electron chi connectivity index (χ1n) is 11.3. The normalized spacial score (nSPS) is 17.1. The molecule has 2 unspecified atom stereocenters. The van der Waals surface area contributed by atoms with E-state index >= 15 is 0 Å². The third-order valence-corrected chi connectivity index (χ3v) is 6.94. The number of nitrogens with zero attached hydrogens (tertiary/aromatic N) is 3. The molecule has 2 aliphatic rings. The van der Waals surface area contributed by atoms with Crippen molar-refractivity contribution in [2.24, 2.45) is 9.98 Å². The number of rotatable bonds is 6. The molecule has 3 aromatic carbocycles. The predicted molar refractivity (Wildman–Crippen MR) is 138 cm³/mol. The van der Waals surface area contributed by atoms with Crippen LogP contribution in [0.15, 0.2) is 88.8 Å². The molecule has 2 heterocycles. The van der Waals surface area contributed by atoms with E-state index in [1.165, 1.54) is 11.8 Å². The lowest BCUT2D eigenvalue weighted by Gasteiger charge is -2.32. The Bertz CT molecular complexity index is 1340. The van der Waals surface area contributed by atoms with Crippen molar-refractivity contribution < 1.29 is 14.3 Å². The first-order valence-corrected chi connectivity index (χ1v) is 12.1. The Morgan fingerprint density at radius 3 is 2.63 bits per heavy atom. The fourth-order valence-corrected chi connectivity index (χ4v) is 5.06. The molecule has 1 N–H and O–H groups in total. The van der Waals surface area contributed by atoms with Crippen LogP contribution in [0, 0.1) is 0 Å². The average Bonchev–Trinajstić information content (AvgIpc) is 3.25. The van der Waals surface area contributed by atoms with Crippen LogP contribution in [0.2, 0.25) is 0 Å². The van der Waals surface area contributed by atoms with E-state index in [9.17, 15) is 9.59 Å². The Kier molecular flexibility index (Phi) is 6.37. The average molecular weight is 485 g/mol. The van der Waals surface area contributed by atoms with Gasteiger partial charge in [-0.3, -0.25) is 14.5 Å². The van der Waals surface area contributed by atoms with Crippen LogP contribution in [-0.2, 0) is 16.1 Å². The van der Waals surface area contributed by atoms with E-state index < -0.39 is 11.3 Å². The summed E-state index contributed by atoms with van der Waals surface area (Å²) >= 11 is 1.32. The lowest BCUT2D eigenvalue weighted by molar-refractivity contribution is -0.120. The maximum Gasteiger partial charge on any atom is 0.275 e. The monoisotopic (exact) mass is 484 g/mol. The summed E-state index contributed by atoms with van der Waals surface area (Å²) in [6.07, 6.45) is 0. The van der Waals surface area contributed by atoms with Gasteiger partial charge in [0.05, 0.1) is 18.0 Å². The van der Waals surface area contributed by atoms with Crippen molar-refractivity contribution in [3.8, 4) is 5.75 Å². The van der Waals surface area contributed by atoms with E-state index in [2.05, 4.69) is 10.3 Å². The van der Waals surface area contributed by atoms with Crippen molar-refractivity contribution >= 4 is 40.3 Å². The second kappa shape index (κ2) is 9.76. The molecule has 0 spiro atoms. The standard InChI is InChI=1S/C27H24N4O3S/c1-17(25(32)28-16-18-9-8-12-20(15-18)34-2)35-27-29-22-14-7-6-13-21(22)24-30-26(33)23(31(24)27)19-10-4-3-5-11-19/h3-15,17,23H,16H2,1-2H3,(H,28,32). The van der Waals surface area contributed by atoms with Gasteiger partial charge >= 0.3 is 0 Å². The highest BCUT2D eigenvalue weighted by atomic mass is 32.2. The van der Waals surface area contributed by atoms with Gasteiger partial charge in [-0.25, -0.2) is 4.99 Å². The number of fused-ring (bicyclic) bond motifs is 3. The third kappa shape index (κ3) is 4.57. The van der Waals surface area contributed by atoms with Gasteiger partial charge in [-0.1, -0.05) is 66.4 Å². The molecule has 0 saturated heterocycles. The van der Waals surface area contributed by atoms with Crippen LogP contribution < -0.4 is 10.1 Å². The smallest absolute Gasteiger partial charge is 0.275 e. The van der Waals surface area contributed by atoms with Crippen LogP contribution >= 0.6 is 11.8 Å². The summed E-state index contributed by atoms with van der Waals surface area (Å²) in [6, 6.07) is 24.1. The van der Waals surface area contributed by atoms with Crippen LogP contribution in [-0.4, -0.2) is 40.1 Å². The number of benzene rings is 3. The van der Waals surface area contributed by atoms with Gasteiger partial charge < -0.3 is 10.1 Å². The zero-order chi connectivity index (χ0) is 24.4. The molecule has 7 nitrogen and oxygen atoms in total. The van der Waals surface area contributed by atoms with Crippen LogP contribution in [0.4, 0.5) is 5.69 Å². The SMILES string of the molecule is COc1cccc(CNC(=O)C(C)SC2=Nc3ccccc3C3=NC(=O)C(c4ccccc4)N23)c1. The Morgan fingerprint density at radius 2 is 1.83 bits per heavy atom. The second-order valence-electron chi connectivity index (χ2n) is 8.20. The molecule has 0 fully saturated rings. The Morgan fingerprint density at radius 1 is 1.06 bits per heavy atom. The van der Waals surface area contributed by atoms with Crippen molar-refractivity contribution in [2.75, 3.05) is 7.11 Å². The molecule has 0 aliphatic carbocycles. The topological polar surface area (TPSA) is 83.4 Å². The predicted octanol–water partition coefficient (Wildman–Crippen LogP) is 4.46. The number of hydrogen-bond acceptors (Lipinski definition) is 6. The van der Waals surface area contributed by atoms with Gasteiger partial charge in [-0.2, -0.15) is 4.99 Å². The fourth-order valence-electron chi connectivity index (χ4n) is 4.10. The Balaban J connectivity index is 1.39. The maximum atomic E-state index is 13.0. The molecule has 2 aliphatic heterocycles. The molecule has 2 atom stereocenters. The molecule has 0 bridgehead atoms. The minimum atomic E-state index is -0.613. The van der Waals surface area contributed by atoms with E-state index in [1.807, 2.05) is 90.7 Å². The highest BCUT2D eigenvalue weighted by Crippen LogP contribution is 2.40. The zero-order valence-electron chi connectivity index (χ0n) is 19.3. The maximum absolute atomic E-state index is 13.0. The largest absolute Gasteiger partial charge is 0.497 e. The number of carbonyl (C=O) groups is 2. The summed E-state index contributed by atoms with van der Waals surface area (Å²) in [5.41, 5.74) is 3.32. The highest BCUT2D eigenvalue weighted by Gasteiger charge is 2.43. The molecule has 5 rings (SSSR count). The van der Waals surface area contributed by atoms with Crippen LogP contribution in [0.1, 0.15) is 29.7 Å². The number of para-hydroxylation sites is 1. The van der Waals surface area contributed by atoms with Crippen molar-refractivity contribution in [1.82, 2.24) is 10.2 Å². The van der Waals surface area contributed by atoms with Gasteiger partial charge in [0, 0.05) is 12.1 Å². The van der Waals surface area contributed by atoms with E-state index in [0.717, 1.165) is 28.1 Å². The van der Waals surface area contributed by atoms with E-state index in [4.69, 9.17) is 9.73 Å². The molecule has 0 aromatic heterocycles. The number of hydrogen-bond donors (Lipinski definition) is 1. The number of ether oxygens (including phenoxy) is 1. The lowest BCUT2D eigenvalue weighted by atomic mass is 10.0. The van der Waals surface area contributed by atoms with Gasteiger partial charge in [0.25, 0.3) is 5.91 Å². The van der Waals surface area contributed by atoms with Crippen LogP contribution in [0.25, 0.3) is 0 Å². The van der Waals surface area contributed by atoms with Crippen molar-refractivity contribution in [2.45, 2.75) is 24.8 Å². The Labute approximate surface area is 207 Å². The zero-order valence-corrected chi connectivity index (χ0v) is 20.2. The minimum Gasteiger partial charge on any atom is -0.497 e.